The number of benzene rings is 2. The Morgan fingerprint density at radius 1 is 1.08 bits per heavy atom. The van der Waals surface area contributed by atoms with Crippen molar-refractivity contribution in [1.29, 1.82) is 0 Å². The summed E-state index contributed by atoms with van der Waals surface area (Å²) in [5.41, 5.74) is 4.45. The number of carbonyl (C=O) groups is 1. The number of anilines is 1. The van der Waals surface area contributed by atoms with Gasteiger partial charge in [-0.3, -0.25) is 15.6 Å². The standard InChI is InChI=1S/C17H15F3N2O3/c18-17(19,20)12-3-1-2-4-13(12)21-22-16(23)8-6-11-5-7-14-15(9-11)25-10-24-14/h1-5,7,9,21H,6,8,10H2,(H,22,23). The highest BCUT2D eigenvalue weighted by Gasteiger charge is 2.33. The zero-order chi connectivity index (χ0) is 17.9. The zero-order valence-electron chi connectivity index (χ0n) is 13.0. The monoisotopic (exact) mass is 352 g/mol. The van der Waals surface area contributed by atoms with Gasteiger partial charge in [-0.25, -0.2) is 0 Å². The van der Waals surface area contributed by atoms with E-state index in [-0.39, 0.29) is 18.9 Å². The molecule has 0 fully saturated rings. The van der Waals surface area contributed by atoms with Gasteiger partial charge < -0.3 is 9.47 Å². The Morgan fingerprint density at radius 2 is 1.84 bits per heavy atom. The topological polar surface area (TPSA) is 59.6 Å². The largest absolute Gasteiger partial charge is 0.454 e. The molecular weight excluding hydrogens is 337 g/mol. The summed E-state index contributed by atoms with van der Waals surface area (Å²) >= 11 is 0. The first-order valence-electron chi connectivity index (χ1n) is 7.53. The van der Waals surface area contributed by atoms with Gasteiger partial charge >= 0.3 is 6.18 Å². The Kier molecular flexibility index (Phi) is 4.69. The molecule has 2 aromatic rings. The number of amides is 1. The molecule has 2 aromatic carbocycles. The molecule has 0 unspecified atom stereocenters. The fourth-order valence-corrected chi connectivity index (χ4v) is 2.39. The Balaban J connectivity index is 1.54. The van der Waals surface area contributed by atoms with Crippen LogP contribution in [0.5, 0.6) is 11.5 Å². The van der Waals surface area contributed by atoms with Gasteiger partial charge in [-0.2, -0.15) is 13.2 Å². The van der Waals surface area contributed by atoms with Crippen molar-refractivity contribution in [2.45, 2.75) is 19.0 Å². The first-order valence-corrected chi connectivity index (χ1v) is 7.53. The predicted octanol–water partition coefficient (Wildman–Crippen LogP) is 3.51. The zero-order valence-corrected chi connectivity index (χ0v) is 13.0. The van der Waals surface area contributed by atoms with Crippen LogP contribution in [0.4, 0.5) is 18.9 Å². The van der Waals surface area contributed by atoms with E-state index < -0.39 is 17.6 Å². The molecular formula is C17H15F3N2O3. The average Bonchev–Trinajstić information content (AvgIpc) is 3.05. The molecule has 8 heteroatoms. The first kappa shape index (κ1) is 16.9. The van der Waals surface area contributed by atoms with Crippen LogP contribution in [0.1, 0.15) is 17.5 Å². The van der Waals surface area contributed by atoms with E-state index in [4.69, 9.17) is 9.47 Å². The van der Waals surface area contributed by atoms with E-state index in [1.807, 2.05) is 6.07 Å². The highest BCUT2D eigenvalue weighted by atomic mass is 19.4. The number of halogens is 3. The van der Waals surface area contributed by atoms with Crippen molar-refractivity contribution in [2.75, 3.05) is 12.2 Å². The van der Waals surface area contributed by atoms with Crippen LogP contribution in [0.15, 0.2) is 42.5 Å². The molecule has 0 saturated heterocycles. The third kappa shape index (κ3) is 4.14. The molecule has 2 N–H and O–H groups in total. The van der Waals surface area contributed by atoms with E-state index in [1.165, 1.54) is 18.2 Å². The quantitative estimate of drug-likeness (QED) is 0.809. The van der Waals surface area contributed by atoms with Gasteiger partial charge in [-0.05, 0) is 36.2 Å². The van der Waals surface area contributed by atoms with E-state index in [9.17, 15) is 18.0 Å². The molecule has 132 valence electrons. The molecule has 1 amide bonds. The summed E-state index contributed by atoms with van der Waals surface area (Å²) in [4.78, 5) is 11.9. The molecule has 0 radical (unpaired) electrons. The minimum atomic E-state index is -4.50. The maximum absolute atomic E-state index is 12.9. The number of aryl methyl sites for hydroxylation is 1. The van der Waals surface area contributed by atoms with Gasteiger partial charge in [0.05, 0.1) is 11.3 Å². The Morgan fingerprint density at radius 3 is 2.64 bits per heavy atom. The van der Waals surface area contributed by atoms with Crippen LogP contribution >= 0.6 is 0 Å². The Labute approximate surface area is 141 Å². The highest BCUT2D eigenvalue weighted by molar-refractivity contribution is 5.78. The maximum atomic E-state index is 12.9. The summed E-state index contributed by atoms with van der Waals surface area (Å²) in [5.74, 6) is 0.850. The number of hydrogen-bond acceptors (Lipinski definition) is 4. The molecule has 5 nitrogen and oxygen atoms in total. The number of alkyl halides is 3. The lowest BCUT2D eigenvalue weighted by Crippen LogP contribution is -2.30. The summed E-state index contributed by atoms with van der Waals surface area (Å²) in [6.45, 7) is 0.168. The molecule has 1 heterocycles. The van der Waals surface area contributed by atoms with Gasteiger partial charge in [0.1, 0.15) is 0 Å². The van der Waals surface area contributed by atoms with E-state index in [0.717, 1.165) is 11.6 Å². The number of hydrogen-bond donors (Lipinski definition) is 2. The maximum Gasteiger partial charge on any atom is 0.418 e. The van der Waals surface area contributed by atoms with Gasteiger partial charge in [0.2, 0.25) is 12.7 Å². The number of carbonyl (C=O) groups excluding carboxylic acids is 1. The van der Waals surface area contributed by atoms with E-state index in [2.05, 4.69) is 10.9 Å². The van der Waals surface area contributed by atoms with Gasteiger partial charge in [0, 0.05) is 6.42 Å². The molecule has 3 rings (SSSR count). The molecule has 0 atom stereocenters. The van der Waals surface area contributed by atoms with Gasteiger partial charge in [0.15, 0.2) is 11.5 Å². The third-order valence-corrected chi connectivity index (χ3v) is 3.65. The number of nitrogens with one attached hydrogen (secondary N) is 2. The minimum absolute atomic E-state index is 0.112. The van der Waals surface area contributed by atoms with E-state index in [0.29, 0.717) is 17.9 Å². The Bertz CT molecular complexity index is 778. The number of fused-ring (bicyclic) bond motifs is 1. The summed E-state index contributed by atoms with van der Waals surface area (Å²) in [5, 5.41) is 0. The number of ether oxygens (including phenoxy) is 2. The van der Waals surface area contributed by atoms with Crippen LogP contribution in [-0.2, 0) is 17.4 Å². The van der Waals surface area contributed by atoms with Crippen LogP contribution in [-0.4, -0.2) is 12.7 Å². The van der Waals surface area contributed by atoms with Crippen molar-refractivity contribution >= 4 is 11.6 Å². The molecule has 0 aliphatic carbocycles. The molecule has 0 spiro atoms. The van der Waals surface area contributed by atoms with Crippen LogP contribution in [0, 0.1) is 0 Å². The van der Waals surface area contributed by atoms with Crippen LogP contribution in [0.2, 0.25) is 0 Å². The van der Waals surface area contributed by atoms with Crippen molar-refractivity contribution in [3.05, 3.63) is 53.6 Å². The molecule has 0 saturated carbocycles. The average molecular weight is 352 g/mol. The third-order valence-electron chi connectivity index (χ3n) is 3.65. The number of hydrazine groups is 1. The summed E-state index contributed by atoms with van der Waals surface area (Å²) in [6, 6.07) is 10.3. The van der Waals surface area contributed by atoms with Crippen molar-refractivity contribution in [2.24, 2.45) is 0 Å². The fourth-order valence-electron chi connectivity index (χ4n) is 2.39. The molecule has 1 aliphatic rings. The van der Waals surface area contributed by atoms with Crippen molar-refractivity contribution in [1.82, 2.24) is 5.43 Å². The van der Waals surface area contributed by atoms with Crippen LogP contribution in [0.25, 0.3) is 0 Å². The van der Waals surface area contributed by atoms with Gasteiger partial charge in [0.25, 0.3) is 0 Å². The molecule has 0 bridgehead atoms. The van der Waals surface area contributed by atoms with Crippen molar-refractivity contribution in [3.8, 4) is 11.5 Å². The fraction of sp³-hybridized carbons (Fsp3) is 0.235. The van der Waals surface area contributed by atoms with Crippen molar-refractivity contribution in [3.63, 3.8) is 0 Å². The van der Waals surface area contributed by atoms with Crippen molar-refractivity contribution < 1.29 is 27.4 Å². The summed E-state index contributed by atoms with van der Waals surface area (Å²) in [6.07, 6.45) is -3.97. The second-order valence-electron chi connectivity index (χ2n) is 5.40. The minimum Gasteiger partial charge on any atom is -0.454 e. The lowest BCUT2D eigenvalue weighted by Gasteiger charge is -2.15. The lowest BCUT2D eigenvalue weighted by atomic mass is 10.1. The smallest absolute Gasteiger partial charge is 0.418 e. The normalized spacial score (nSPS) is 12.8. The lowest BCUT2D eigenvalue weighted by molar-refractivity contribution is -0.137. The van der Waals surface area contributed by atoms with Crippen LogP contribution in [0.3, 0.4) is 0 Å². The van der Waals surface area contributed by atoms with Crippen LogP contribution < -0.4 is 20.3 Å². The van der Waals surface area contributed by atoms with E-state index >= 15 is 0 Å². The molecule has 0 aromatic heterocycles. The second-order valence-corrected chi connectivity index (χ2v) is 5.40. The van der Waals surface area contributed by atoms with Gasteiger partial charge in [-0.15, -0.1) is 0 Å². The number of rotatable bonds is 5. The SMILES string of the molecule is O=C(CCc1ccc2c(c1)OCO2)NNc1ccccc1C(F)(F)F. The number of para-hydroxylation sites is 1. The second kappa shape index (κ2) is 6.92. The van der Waals surface area contributed by atoms with Gasteiger partial charge in [-0.1, -0.05) is 18.2 Å². The summed E-state index contributed by atoms with van der Waals surface area (Å²) in [7, 11) is 0. The highest BCUT2D eigenvalue weighted by Crippen LogP contribution is 2.34. The summed E-state index contributed by atoms with van der Waals surface area (Å²) < 4.78 is 49.1. The molecule has 25 heavy (non-hydrogen) atoms. The Hall–Kier alpha value is -2.90. The van der Waals surface area contributed by atoms with E-state index in [1.54, 1.807) is 12.1 Å². The predicted molar refractivity (Wildman–Crippen MR) is 84.1 cm³/mol. The first-order chi connectivity index (χ1) is 11.9. The molecule has 1 aliphatic heterocycles.